The Morgan fingerprint density at radius 3 is 2.47 bits per heavy atom. The fourth-order valence-corrected chi connectivity index (χ4v) is 10.0. The van der Waals surface area contributed by atoms with Gasteiger partial charge in [0.15, 0.2) is 11.5 Å². The standard InChI is InChI=1S/C47H46ClN11O4S/c1-27-28(2)64-47-43(27)44(52-40(24-41-50-19-22-62-41)45-56-53-29(3)59(45)47)31-5-10-34(11-6-31)57(4)26-42(60)58-20-17-30(18-21-58)38-15-16-39(55-54-38)46(61)51-33-8-13-35(14-9-33)63-36-12-7-32(25-49)37(48)23-36/h5-7,10-12,15-16,19,22-24,30,33,35H,8-9,13-14,17-18,20-21,26H2,1-4H3,(H,51,61)/b40-24-. The van der Waals surface area contributed by atoms with E-state index in [2.05, 4.69) is 55.2 Å². The molecule has 6 aromatic rings. The third-order valence-corrected chi connectivity index (χ3v) is 13.8. The number of benzene rings is 2. The number of ether oxygens (including phenoxy) is 1. The highest BCUT2D eigenvalue weighted by Crippen LogP contribution is 2.39. The van der Waals surface area contributed by atoms with Gasteiger partial charge in [0.25, 0.3) is 5.91 Å². The monoisotopic (exact) mass is 895 g/mol. The molecule has 1 aliphatic carbocycles. The number of likely N-dealkylation sites (tertiary alicyclic amines) is 1. The summed E-state index contributed by atoms with van der Waals surface area (Å²) >= 11 is 7.85. The van der Waals surface area contributed by atoms with Crippen molar-refractivity contribution in [1.29, 1.82) is 5.26 Å². The number of hydrogen-bond donors (Lipinski definition) is 1. The van der Waals surface area contributed by atoms with Crippen molar-refractivity contribution < 1.29 is 18.7 Å². The Kier molecular flexibility index (Phi) is 12.1. The van der Waals surface area contributed by atoms with E-state index in [1.54, 1.807) is 47.9 Å². The second-order valence-corrected chi connectivity index (χ2v) is 18.1. The summed E-state index contributed by atoms with van der Waals surface area (Å²) in [5.74, 6) is 2.40. The Labute approximate surface area is 379 Å². The molecular formula is C47H46ClN11O4S. The Morgan fingerprint density at radius 2 is 1.78 bits per heavy atom. The van der Waals surface area contributed by atoms with Gasteiger partial charge in [-0.3, -0.25) is 14.2 Å². The van der Waals surface area contributed by atoms with Crippen LogP contribution in [0.4, 0.5) is 5.69 Å². The van der Waals surface area contributed by atoms with Crippen molar-refractivity contribution in [3.8, 4) is 16.8 Å². The van der Waals surface area contributed by atoms with Gasteiger partial charge in [-0.05, 0) is 101 Å². The van der Waals surface area contributed by atoms with Crippen LogP contribution in [0.5, 0.6) is 5.75 Å². The number of carbonyl (C=O) groups is 2. The van der Waals surface area contributed by atoms with E-state index in [1.165, 1.54) is 11.1 Å². The molecule has 9 rings (SSSR count). The van der Waals surface area contributed by atoms with Crippen molar-refractivity contribution in [3.05, 3.63) is 128 Å². The zero-order valence-corrected chi connectivity index (χ0v) is 37.5. The summed E-state index contributed by atoms with van der Waals surface area (Å²) in [5.41, 5.74) is 6.94. The van der Waals surface area contributed by atoms with Crippen molar-refractivity contribution in [2.75, 3.05) is 31.6 Å². The zero-order chi connectivity index (χ0) is 44.5. The molecule has 3 aliphatic rings. The van der Waals surface area contributed by atoms with E-state index in [4.69, 9.17) is 31.0 Å². The van der Waals surface area contributed by atoms with Crippen molar-refractivity contribution >= 4 is 57.9 Å². The number of thiophene rings is 1. The summed E-state index contributed by atoms with van der Waals surface area (Å²) in [6.07, 6.45) is 9.55. The molecule has 0 atom stereocenters. The Bertz CT molecular complexity index is 2790. The molecule has 17 heteroatoms. The topological polar surface area (TPSA) is 181 Å². The molecule has 0 radical (unpaired) electrons. The minimum atomic E-state index is -0.243. The average Bonchev–Trinajstić information content (AvgIpc) is 4.02. The minimum Gasteiger partial charge on any atom is -0.490 e. The lowest BCUT2D eigenvalue weighted by molar-refractivity contribution is -0.130. The maximum Gasteiger partial charge on any atom is 0.272 e. The number of hydrogen-bond acceptors (Lipinski definition) is 13. The van der Waals surface area contributed by atoms with Gasteiger partial charge in [-0.1, -0.05) is 23.7 Å². The number of piperidine rings is 1. The molecule has 64 heavy (non-hydrogen) atoms. The van der Waals surface area contributed by atoms with Gasteiger partial charge in [0.2, 0.25) is 11.8 Å². The summed E-state index contributed by atoms with van der Waals surface area (Å²) in [7, 11) is 1.93. The number of amides is 2. The molecule has 4 aromatic heterocycles. The lowest BCUT2D eigenvalue weighted by Crippen LogP contribution is -2.43. The first kappa shape index (κ1) is 42.6. The van der Waals surface area contributed by atoms with Crippen molar-refractivity contribution in [2.24, 2.45) is 4.99 Å². The molecule has 2 aliphatic heterocycles. The smallest absolute Gasteiger partial charge is 0.272 e. The number of aromatic nitrogens is 6. The molecule has 0 bridgehead atoms. The number of likely N-dealkylation sites (N-methyl/N-ethyl adjacent to an activating group) is 1. The molecule has 1 N–H and O–H groups in total. The maximum atomic E-state index is 13.6. The van der Waals surface area contributed by atoms with Crippen LogP contribution >= 0.6 is 22.9 Å². The van der Waals surface area contributed by atoms with Gasteiger partial charge in [-0.2, -0.15) is 10.4 Å². The van der Waals surface area contributed by atoms with Crippen LogP contribution in [0.25, 0.3) is 16.8 Å². The highest BCUT2D eigenvalue weighted by molar-refractivity contribution is 7.15. The Morgan fingerprint density at radius 1 is 1.00 bits per heavy atom. The SMILES string of the molecule is Cc1sc2c(c1C)C(c1ccc(N(C)CC(=O)N3CCC(c4ccc(C(=O)NC5CCC(Oc6ccc(C#N)c(Cl)c6)CC5)nn4)CC3)cc1)=N/C(=C\c1ncco1)c1nnc(C)n1-2. The lowest BCUT2D eigenvalue weighted by atomic mass is 9.92. The van der Waals surface area contributed by atoms with Crippen LogP contribution in [0, 0.1) is 32.1 Å². The molecule has 2 aromatic carbocycles. The van der Waals surface area contributed by atoms with Gasteiger partial charge in [0.05, 0.1) is 40.8 Å². The van der Waals surface area contributed by atoms with Gasteiger partial charge in [0.1, 0.15) is 34.6 Å². The molecular weight excluding hydrogens is 850 g/mol. The molecule has 2 amide bonds. The van der Waals surface area contributed by atoms with Crippen molar-refractivity contribution in [2.45, 2.75) is 77.4 Å². The summed E-state index contributed by atoms with van der Waals surface area (Å²) in [6.45, 7) is 7.63. The number of carbonyl (C=O) groups excluding carboxylic acids is 2. The number of anilines is 1. The number of fused-ring (bicyclic) bond motifs is 3. The molecule has 15 nitrogen and oxygen atoms in total. The number of rotatable bonds is 10. The zero-order valence-electron chi connectivity index (χ0n) is 35.9. The number of nitrogens with one attached hydrogen (secondary N) is 1. The van der Waals surface area contributed by atoms with E-state index >= 15 is 0 Å². The number of aliphatic imine (C=N–C) groups is 1. The van der Waals surface area contributed by atoms with Crippen LogP contribution in [-0.4, -0.2) is 91.2 Å². The minimum absolute atomic E-state index is 0.00980. The number of oxazole rings is 1. The second kappa shape index (κ2) is 18.2. The van der Waals surface area contributed by atoms with E-state index in [0.29, 0.717) is 46.8 Å². The van der Waals surface area contributed by atoms with Gasteiger partial charge < -0.3 is 24.3 Å². The summed E-state index contributed by atoms with van der Waals surface area (Å²) < 4.78 is 13.7. The van der Waals surface area contributed by atoms with E-state index in [-0.39, 0.29) is 42.1 Å². The van der Waals surface area contributed by atoms with Gasteiger partial charge >= 0.3 is 0 Å². The molecule has 0 spiro atoms. The number of halogens is 1. The second-order valence-electron chi connectivity index (χ2n) is 16.4. The van der Waals surface area contributed by atoms with Crippen LogP contribution in [0.15, 0.2) is 76.5 Å². The maximum absolute atomic E-state index is 13.6. The predicted octanol–water partition coefficient (Wildman–Crippen LogP) is 7.87. The first-order valence-corrected chi connectivity index (χ1v) is 22.6. The first-order chi connectivity index (χ1) is 31.0. The summed E-state index contributed by atoms with van der Waals surface area (Å²) in [4.78, 5) is 41.3. The van der Waals surface area contributed by atoms with Crippen molar-refractivity contribution in [1.82, 2.24) is 40.2 Å². The van der Waals surface area contributed by atoms with Crippen LogP contribution < -0.4 is 15.0 Å². The molecule has 6 heterocycles. The largest absolute Gasteiger partial charge is 0.490 e. The molecule has 0 unspecified atom stereocenters. The summed E-state index contributed by atoms with van der Waals surface area (Å²) in [5, 5.41) is 31.3. The Hall–Kier alpha value is -6.70. The molecule has 2 fully saturated rings. The van der Waals surface area contributed by atoms with E-state index in [9.17, 15) is 9.59 Å². The highest BCUT2D eigenvalue weighted by atomic mass is 35.5. The van der Waals surface area contributed by atoms with E-state index in [1.807, 2.05) is 54.1 Å². The van der Waals surface area contributed by atoms with Gasteiger partial charge in [-0.25, -0.2) is 9.98 Å². The number of aryl methyl sites for hydroxylation is 2. The number of nitrogens with zero attached hydrogens (tertiary/aromatic N) is 10. The third-order valence-electron chi connectivity index (χ3n) is 12.3. The van der Waals surface area contributed by atoms with E-state index in [0.717, 1.165) is 83.1 Å². The van der Waals surface area contributed by atoms with Crippen LogP contribution in [0.3, 0.4) is 0 Å². The summed E-state index contributed by atoms with van der Waals surface area (Å²) in [6, 6.07) is 18.9. The number of nitriles is 1. The van der Waals surface area contributed by atoms with Gasteiger partial charge in [0, 0.05) is 65.9 Å². The highest BCUT2D eigenvalue weighted by Gasteiger charge is 2.31. The predicted molar refractivity (Wildman–Crippen MR) is 244 cm³/mol. The van der Waals surface area contributed by atoms with Crippen LogP contribution in [0.2, 0.25) is 5.02 Å². The fourth-order valence-electron chi connectivity index (χ4n) is 8.58. The van der Waals surface area contributed by atoms with Crippen molar-refractivity contribution in [3.63, 3.8) is 0 Å². The quantitative estimate of drug-likeness (QED) is 0.141. The average molecular weight is 896 g/mol. The molecule has 326 valence electrons. The van der Waals surface area contributed by atoms with E-state index < -0.39 is 0 Å². The van der Waals surface area contributed by atoms with Gasteiger partial charge in [-0.15, -0.1) is 26.6 Å². The third kappa shape index (κ3) is 8.78. The normalized spacial score (nSPS) is 18.1. The van der Waals surface area contributed by atoms with Crippen LogP contribution in [-0.2, 0) is 4.79 Å². The first-order valence-electron chi connectivity index (χ1n) is 21.4. The van der Waals surface area contributed by atoms with Crippen LogP contribution in [0.1, 0.15) is 105 Å². The molecule has 1 saturated carbocycles. The lowest BCUT2D eigenvalue weighted by Gasteiger charge is -2.33. The Balaban J connectivity index is 0.778. The fraction of sp³-hybridized carbons (Fsp3) is 0.340. The molecule has 1 saturated heterocycles.